The summed E-state index contributed by atoms with van der Waals surface area (Å²) < 4.78 is 4.81. The Hall–Kier alpha value is -0.770. The fourth-order valence-corrected chi connectivity index (χ4v) is 2.22. The molecule has 0 aliphatic carbocycles. The van der Waals surface area contributed by atoms with Gasteiger partial charge in [-0.3, -0.25) is 0 Å². The number of methoxy groups -OCH3 is 1. The Labute approximate surface area is 91.8 Å². The minimum atomic E-state index is -0.221. The van der Waals surface area contributed by atoms with Crippen LogP contribution in [0.3, 0.4) is 0 Å². The van der Waals surface area contributed by atoms with Gasteiger partial charge >= 0.3 is 6.09 Å². The fourth-order valence-electron chi connectivity index (χ4n) is 2.22. The molecule has 1 fully saturated rings. The van der Waals surface area contributed by atoms with Gasteiger partial charge in [-0.2, -0.15) is 0 Å². The van der Waals surface area contributed by atoms with Crippen molar-refractivity contribution in [1.29, 1.82) is 0 Å². The first kappa shape index (κ1) is 12.3. The van der Waals surface area contributed by atoms with Gasteiger partial charge in [0.15, 0.2) is 0 Å². The molecule has 1 heterocycles. The summed E-state index contributed by atoms with van der Waals surface area (Å²) in [6.45, 7) is 5.60. The predicted octanol–water partition coefficient (Wildman–Crippen LogP) is 1.59. The van der Waals surface area contributed by atoms with Crippen LogP contribution < -0.4 is 5.73 Å². The van der Waals surface area contributed by atoms with E-state index in [-0.39, 0.29) is 17.6 Å². The number of ether oxygens (including phenoxy) is 1. The molecule has 1 amide bonds. The van der Waals surface area contributed by atoms with Crippen molar-refractivity contribution in [3.8, 4) is 0 Å². The third-order valence-corrected chi connectivity index (χ3v) is 3.34. The van der Waals surface area contributed by atoms with Gasteiger partial charge in [-0.15, -0.1) is 0 Å². The molecule has 1 atom stereocenters. The summed E-state index contributed by atoms with van der Waals surface area (Å²) in [4.78, 5) is 13.4. The number of nitrogens with zero attached hydrogens (tertiary/aromatic N) is 1. The first-order chi connectivity index (χ1) is 7.03. The van der Waals surface area contributed by atoms with Crippen LogP contribution in [0.5, 0.6) is 0 Å². The van der Waals surface area contributed by atoms with E-state index in [4.69, 9.17) is 10.5 Å². The lowest BCUT2D eigenvalue weighted by molar-refractivity contribution is 0.0454. The number of nitrogens with two attached hydrogens (primary N) is 1. The molecule has 4 heteroatoms. The molecule has 1 unspecified atom stereocenters. The van der Waals surface area contributed by atoms with E-state index in [1.807, 2.05) is 4.90 Å². The van der Waals surface area contributed by atoms with E-state index in [2.05, 4.69) is 13.8 Å². The highest BCUT2D eigenvalue weighted by atomic mass is 16.5. The maximum Gasteiger partial charge on any atom is 0.409 e. The Morgan fingerprint density at radius 3 is 2.73 bits per heavy atom. The zero-order chi connectivity index (χ0) is 11.5. The van der Waals surface area contributed by atoms with Crippen LogP contribution in [0.2, 0.25) is 0 Å². The molecule has 1 saturated heterocycles. The normalized spacial score (nSPS) is 22.7. The Balaban J connectivity index is 2.78. The lowest BCUT2D eigenvalue weighted by Crippen LogP contribution is -2.53. The minimum absolute atomic E-state index is 0.0331. The number of hydrogen-bond acceptors (Lipinski definition) is 3. The van der Waals surface area contributed by atoms with E-state index in [0.29, 0.717) is 6.54 Å². The molecule has 15 heavy (non-hydrogen) atoms. The van der Waals surface area contributed by atoms with Crippen molar-refractivity contribution in [3.05, 3.63) is 0 Å². The standard InChI is InChI=1S/C11H22N2O2/c1-11(2,8-12)9-6-4-5-7-13(9)10(14)15-3/h9H,4-8,12H2,1-3H3. The summed E-state index contributed by atoms with van der Waals surface area (Å²) in [5.74, 6) is 0. The Morgan fingerprint density at radius 2 is 2.20 bits per heavy atom. The van der Waals surface area contributed by atoms with Crippen LogP contribution in [0.4, 0.5) is 4.79 Å². The highest BCUT2D eigenvalue weighted by Gasteiger charge is 2.37. The first-order valence-electron chi connectivity index (χ1n) is 5.57. The van der Waals surface area contributed by atoms with E-state index in [1.54, 1.807) is 0 Å². The Kier molecular flexibility index (Phi) is 3.97. The average Bonchev–Trinajstić information content (AvgIpc) is 2.28. The van der Waals surface area contributed by atoms with Gasteiger partial charge in [0, 0.05) is 12.6 Å². The molecule has 0 aromatic rings. The maximum absolute atomic E-state index is 11.6. The van der Waals surface area contributed by atoms with E-state index < -0.39 is 0 Å². The molecular weight excluding hydrogens is 192 g/mol. The van der Waals surface area contributed by atoms with E-state index in [0.717, 1.165) is 19.4 Å². The summed E-state index contributed by atoms with van der Waals surface area (Å²) in [6, 6.07) is 0.212. The van der Waals surface area contributed by atoms with Crippen LogP contribution in [0, 0.1) is 5.41 Å². The number of carbonyl (C=O) groups is 1. The van der Waals surface area contributed by atoms with Gasteiger partial charge in [0.05, 0.1) is 7.11 Å². The summed E-state index contributed by atoms with van der Waals surface area (Å²) in [7, 11) is 1.43. The van der Waals surface area contributed by atoms with Crippen LogP contribution in [-0.4, -0.2) is 37.2 Å². The Morgan fingerprint density at radius 1 is 1.53 bits per heavy atom. The molecule has 0 radical (unpaired) electrons. The van der Waals surface area contributed by atoms with E-state index in [9.17, 15) is 4.79 Å². The van der Waals surface area contributed by atoms with Crippen LogP contribution in [0.25, 0.3) is 0 Å². The molecule has 0 aromatic carbocycles. The second kappa shape index (κ2) is 4.84. The molecular formula is C11H22N2O2. The Bertz CT molecular complexity index is 229. The molecule has 0 bridgehead atoms. The maximum atomic E-state index is 11.6. The topological polar surface area (TPSA) is 55.6 Å². The SMILES string of the molecule is COC(=O)N1CCCCC1C(C)(C)CN. The second-order valence-corrected chi connectivity index (χ2v) is 4.87. The summed E-state index contributed by atoms with van der Waals surface area (Å²) in [6.07, 6.45) is 3.04. The summed E-state index contributed by atoms with van der Waals surface area (Å²) in [5, 5.41) is 0. The van der Waals surface area contributed by atoms with Crippen molar-refractivity contribution >= 4 is 6.09 Å². The second-order valence-electron chi connectivity index (χ2n) is 4.87. The molecule has 88 valence electrons. The van der Waals surface area contributed by atoms with Crippen molar-refractivity contribution in [1.82, 2.24) is 4.90 Å². The number of hydrogen-bond donors (Lipinski definition) is 1. The average molecular weight is 214 g/mol. The van der Waals surface area contributed by atoms with Gasteiger partial charge in [0.25, 0.3) is 0 Å². The summed E-state index contributed by atoms with van der Waals surface area (Å²) in [5.41, 5.74) is 5.73. The molecule has 0 aromatic heterocycles. The number of amides is 1. The smallest absolute Gasteiger partial charge is 0.409 e. The van der Waals surface area contributed by atoms with E-state index >= 15 is 0 Å². The fraction of sp³-hybridized carbons (Fsp3) is 0.909. The van der Waals surface area contributed by atoms with Gasteiger partial charge in [0.1, 0.15) is 0 Å². The molecule has 1 rings (SSSR count). The van der Waals surface area contributed by atoms with Crippen LogP contribution in [-0.2, 0) is 4.74 Å². The highest BCUT2D eigenvalue weighted by molar-refractivity contribution is 5.68. The van der Waals surface area contributed by atoms with Gasteiger partial charge in [-0.25, -0.2) is 4.79 Å². The summed E-state index contributed by atoms with van der Waals surface area (Å²) >= 11 is 0. The van der Waals surface area contributed by atoms with Crippen LogP contribution in [0.15, 0.2) is 0 Å². The molecule has 1 aliphatic rings. The molecule has 0 spiro atoms. The zero-order valence-corrected chi connectivity index (χ0v) is 9.95. The van der Waals surface area contributed by atoms with Crippen LogP contribution >= 0.6 is 0 Å². The number of carbonyl (C=O) groups excluding carboxylic acids is 1. The van der Waals surface area contributed by atoms with Crippen molar-refractivity contribution in [2.75, 3.05) is 20.2 Å². The molecule has 2 N–H and O–H groups in total. The van der Waals surface area contributed by atoms with Crippen molar-refractivity contribution < 1.29 is 9.53 Å². The first-order valence-corrected chi connectivity index (χ1v) is 5.57. The molecule has 4 nitrogen and oxygen atoms in total. The third kappa shape index (κ3) is 2.62. The van der Waals surface area contributed by atoms with Gasteiger partial charge in [0.2, 0.25) is 0 Å². The minimum Gasteiger partial charge on any atom is -0.453 e. The van der Waals surface area contributed by atoms with Crippen molar-refractivity contribution in [2.45, 2.75) is 39.2 Å². The number of likely N-dealkylation sites (tertiary alicyclic amines) is 1. The lowest BCUT2D eigenvalue weighted by atomic mass is 9.79. The van der Waals surface area contributed by atoms with Crippen molar-refractivity contribution in [3.63, 3.8) is 0 Å². The van der Waals surface area contributed by atoms with Gasteiger partial charge < -0.3 is 15.4 Å². The third-order valence-electron chi connectivity index (χ3n) is 3.34. The van der Waals surface area contributed by atoms with Gasteiger partial charge in [-0.05, 0) is 31.2 Å². The zero-order valence-electron chi connectivity index (χ0n) is 9.95. The monoisotopic (exact) mass is 214 g/mol. The van der Waals surface area contributed by atoms with Crippen molar-refractivity contribution in [2.24, 2.45) is 11.1 Å². The van der Waals surface area contributed by atoms with Gasteiger partial charge in [-0.1, -0.05) is 13.8 Å². The predicted molar refractivity (Wildman–Crippen MR) is 59.6 cm³/mol. The highest BCUT2D eigenvalue weighted by Crippen LogP contribution is 2.31. The number of piperidine rings is 1. The largest absolute Gasteiger partial charge is 0.453 e. The molecule has 1 aliphatic heterocycles. The number of rotatable bonds is 2. The molecule has 0 saturated carbocycles. The van der Waals surface area contributed by atoms with E-state index in [1.165, 1.54) is 13.5 Å². The lowest BCUT2D eigenvalue weighted by Gasteiger charge is -2.43. The van der Waals surface area contributed by atoms with Crippen LogP contribution in [0.1, 0.15) is 33.1 Å². The quantitative estimate of drug-likeness (QED) is 0.759.